The Kier molecular flexibility index (Phi) is 22.3. The minimum absolute atomic E-state index is 0.278. The van der Waals surface area contributed by atoms with Gasteiger partial charge in [0, 0.05) is 6.54 Å². The van der Waals surface area contributed by atoms with Gasteiger partial charge in [-0.3, -0.25) is 4.79 Å². The Balaban J connectivity index is 0. The second kappa shape index (κ2) is 20.6. The zero-order valence-corrected chi connectivity index (χ0v) is 12.9. The molecule has 6 heteroatoms. The fraction of sp³-hybridized carbons (Fsp3) is 0.929. The molecule has 0 aromatic carbocycles. The van der Waals surface area contributed by atoms with Crippen LogP contribution in [0.2, 0.25) is 0 Å². The molecule has 0 rings (SSSR count). The molecule has 122 valence electrons. The normalized spacial score (nSPS) is 9.95. The molecule has 0 aromatic heterocycles. The van der Waals surface area contributed by atoms with Crippen molar-refractivity contribution in [3.8, 4) is 0 Å². The molecule has 0 bridgehead atoms. The molecule has 0 saturated carbocycles. The van der Waals surface area contributed by atoms with Gasteiger partial charge >= 0.3 is 5.97 Å². The lowest BCUT2D eigenvalue weighted by Crippen LogP contribution is -2.19. The third-order valence-electron chi connectivity index (χ3n) is 2.89. The van der Waals surface area contributed by atoms with Crippen molar-refractivity contribution in [3.05, 3.63) is 0 Å². The number of nitrogens with one attached hydrogen (secondary N) is 1. The van der Waals surface area contributed by atoms with Crippen LogP contribution < -0.4 is 17.1 Å². The standard InChI is InChI=1S/C12H28N2O.C2H5NO2/c1-2-3-4-5-6-7-8-9-10-11-12-14-15-13;3-1-2(4)5/h14H,2-13H2,1H3;1,3H2,(H,4,5). The summed E-state index contributed by atoms with van der Waals surface area (Å²) in [5.74, 6) is 3.87. The van der Waals surface area contributed by atoms with Crippen LogP contribution in [0.15, 0.2) is 0 Å². The fourth-order valence-electron chi connectivity index (χ4n) is 1.74. The number of hydroxylamine groups is 1. The molecule has 0 radical (unpaired) electrons. The summed E-state index contributed by atoms with van der Waals surface area (Å²) >= 11 is 0. The summed E-state index contributed by atoms with van der Waals surface area (Å²) in [6.07, 6.45) is 13.6. The quantitative estimate of drug-likeness (QED) is 0.306. The van der Waals surface area contributed by atoms with E-state index in [0.29, 0.717) is 0 Å². The van der Waals surface area contributed by atoms with E-state index in [2.05, 4.69) is 23.1 Å². The number of carboxylic acids is 1. The fourth-order valence-corrected chi connectivity index (χ4v) is 1.74. The van der Waals surface area contributed by atoms with Crippen LogP contribution in [0.5, 0.6) is 0 Å². The van der Waals surface area contributed by atoms with Gasteiger partial charge in [-0.1, -0.05) is 64.7 Å². The molecule has 0 unspecified atom stereocenters. The van der Waals surface area contributed by atoms with Gasteiger partial charge in [0.2, 0.25) is 0 Å². The number of nitrogens with two attached hydrogens (primary N) is 2. The summed E-state index contributed by atoms with van der Waals surface area (Å²) in [4.78, 5) is 13.5. The molecule has 0 atom stereocenters. The highest BCUT2D eigenvalue weighted by Gasteiger charge is 1.92. The minimum atomic E-state index is -0.968. The molecule has 0 aliphatic carbocycles. The van der Waals surface area contributed by atoms with Crippen LogP contribution in [0.3, 0.4) is 0 Å². The van der Waals surface area contributed by atoms with Gasteiger partial charge in [0.1, 0.15) is 0 Å². The molecule has 0 aliphatic heterocycles. The van der Waals surface area contributed by atoms with Crippen molar-refractivity contribution in [3.63, 3.8) is 0 Å². The van der Waals surface area contributed by atoms with Crippen LogP contribution in [0.25, 0.3) is 0 Å². The Morgan fingerprint density at radius 3 is 1.75 bits per heavy atom. The van der Waals surface area contributed by atoms with E-state index in [4.69, 9.17) is 11.0 Å². The Labute approximate surface area is 123 Å². The lowest BCUT2D eigenvalue weighted by atomic mass is 10.1. The minimum Gasteiger partial charge on any atom is -0.480 e. The number of hydrogen-bond acceptors (Lipinski definition) is 5. The van der Waals surface area contributed by atoms with E-state index < -0.39 is 5.97 Å². The van der Waals surface area contributed by atoms with Gasteiger partial charge in [-0.15, -0.1) is 0 Å². The van der Waals surface area contributed by atoms with E-state index in [1.807, 2.05) is 0 Å². The van der Waals surface area contributed by atoms with E-state index in [0.717, 1.165) is 13.0 Å². The van der Waals surface area contributed by atoms with Gasteiger partial charge in [0.05, 0.1) is 6.54 Å². The molecule has 20 heavy (non-hydrogen) atoms. The van der Waals surface area contributed by atoms with Crippen LogP contribution >= 0.6 is 0 Å². The summed E-state index contributed by atoms with van der Waals surface area (Å²) in [6, 6.07) is 0. The van der Waals surface area contributed by atoms with Crippen molar-refractivity contribution in [2.24, 2.45) is 11.6 Å². The first kappa shape index (κ1) is 21.6. The molecule has 6 nitrogen and oxygen atoms in total. The maximum atomic E-state index is 9.24. The summed E-state index contributed by atoms with van der Waals surface area (Å²) in [6.45, 7) is 2.85. The molecule has 0 fully saturated rings. The average molecular weight is 291 g/mol. The first-order valence-corrected chi connectivity index (χ1v) is 7.69. The molecule has 0 aromatic rings. The van der Waals surface area contributed by atoms with Crippen molar-refractivity contribution in [2.45, 2.75) is 71.1 Å². The monoisotopic (exact) mass is 291 g/mol. The first-order valence-electron chi connectivity index (χ1n) is 7.69. The number of unbranched alkanes of at least 4 members (excludes halogenated alkanes) is 9. The van der Waals surface area contributed by atoms with Gasteiger partial charge < -0.3 is 10.8 Å². The average Bonchev–Trinajstić information content (AvgIpc) is 2.45. The van der Waals surface area contributed by atoms with E-state index in [1.54, 1.807) is 0 Å². The molecule has 6 N–H and O–H groups in total. The van der Waals surface area contributed by atoms with Gasteiger partial charge in [-0.05, 0) is 6.42 Å². The summed E-state index contributed by atoms with van der Waals surface area (Å²) in [7, 11) is 0. The highest BCUT2D eigenvalue weighted by Crippen LogP contribution is 2.10. The van der Waals surface area contributed by atoms with Crippen LogP contribution in [0, 0.1) is 0 Å². The molecular formula is C14H33N3O3. The predicted octanol–water partition coefficient (Wildman–Crippen LogP) is 2.33. The number of hydrogen-bond donors (Lipinski definition) is 4. The number of carbonyl (C=O) groups is 1. The second-order valence-corrected chi connectivity index (χ2v) is 4.79. The number of aliphatic carboxylic acids is 1. The van der Waals surface area contributed by atoms with E-state index >= 15 is 0 Å². The van der Waals surface area contributed by atoms with Gasteiger partial charge in [-0.25, -0.2) is 4.94 Å². The molecule has 0 saturated heterocycles. The largest absolute Gasteiger partial charge is 0.480 e. The zero-order chi connectivity index (χ0) is 15.5. The van der Waals surface area contributed by atoms with E-state index in [9.17, 15) is 4.79 Å². The third-order valence-corrected chi connectivity index (χ3v) is 2.89. The lowest BCUT2D eigenvalue weighted by Gasteiger charge is -2.02. The SMILES string of the molecule is CCCCCCCCCCCCNON.NCC(=O)O. The van der Waals surface area contributed by atoms with Crippen LogP contribution in [0.1, 0.15) is 71.1 Å². The lowest BCUT2D eigenvalue weighted by molar-refractivity contribution is -0.135. The van der Waals surface area contributed by atoms with Crippen molar-refractivity contribution in [2.75, 3.05) is 13.1 Å². The molecule has 0 spiro atoms. The molecule has 0 heterocycles. The number of rotatable bonds is 13. The van der Waals surface area contributed by atoms with Gasteiger partial charge in [-0.2, -0.15) is 11.4 Å². The maximum Gasteiger partial charge on any atom is 0.317 e. The van der Waals surface area contributed by atoms with Crippen molar-refractivity contribution in [1.29, 1.82) is 0 Å². The Morgan fingerprint density at radius 1 is 1.00 bits per heavy atom. The van der Waals surface area contributed by atoms with Gasteiger partial charge in [0.25, 0.3) is 0 Å². The predicted molar refractivity (Wildman–Crippen MR) is 81.8 cm³/mol. The zero-order valence-electron chi connectivity index (χ0n) is 12.9. The van der Waals surface area contributed by atoms with E-state index in [1.165, 1.54) is 57.8 Å². The van der Waals surface area contributed by atoms with Gasteiger partial charge in [0.15, 0.2) is 0 Å². The van der Waals surface area contributed by atoms with Crippen LogP contribution in [-0.2, 0) is 9.73 Å². The molecule has 0 amide bonds. The first-order chi connectivity index (χ1) is 9.68. The molecular weight excluding hydrogens is 258 g/mol. The van der Waals surface area contributed by atoms with Crippen molar-refractivity contribution >= 4 is 5.97 Å². The highest BCUT2D eigenvalue weighted by atomic mass is 16.8. The molecule has 0 aliphatic rings. The van der Waals surface area contributed by atoms with E-state index in [-0.39, 0.29) is 6.54 Å². The number of carboxylic acid groups (broad SMARTS) is 1. The van der Waals surface area contributed by atoms with Crippen LogP contribution in [0.4, 0.5) is 0 Å². The van der Waals surface area contributed by atoms with Crippen LogP contribution in [-0.4, -0.2) is 24.2 Å². The topological polar surface area (TPSA) is 111 Å². The Hall–Kier alpha value is -0.690. The second-order valence-electron chi connectivity index (χ2n) is 4.79. The van der Waals surface area contributed by atoms with Crippen molar-refractivity contribution < 1.29 is 14.8 Å². The smallest absolute Gasteiger partial charge is 0.317 e. The third kappa shape index (κ3) is 26.0. The summed E-state index contributed by atoms with van der Waals surface area (Å²) in [5.41, 5.74) is 7.22. The Morgan fingerprint density at radius 2 is 1.40 bits per heavy atom. The van der Waals surface area contributed by atoms with Crippen molar-refractivity contribution in [1.82, 2.24) is 5.48 Å². The highest BCUT2D eigenvalue weighted by molar-refractivity contribution is 5.68. The maximum absolute atomic E-state index is 9.24. The Bertz CT molecular complexity index is 181. The summed E-state index contributed by atoms with van der Waals surface area (Å²) < 4.78 is 0. The summed E-state index contributed by atoms with van der Waals surface area (Å²) in [5, 5.41) is 7.60.